The first kappa shape index (κ1) is 24.5. The molecular weight excluding hydrogens is 508 g/mol. The molecule has 182 valence electrons. The molecule has 37 heavy (non-hydrogen) atoms. The molecule has 0 spiro atoms. The predicted molar refractivity (Wildman–Crippen MR) is 145 cm³/mol. The molecule has 0 heterocycles. The number of carbonyl (C=O) groups excluding carboxylic acids is 4. The highest BCUT2D eigenvalue weighted by molar-refractivity contribution is 8.00. The predicted octanol–water partition coefficient (Wildman–Crippen LogP) is 6.10. The van der Waals surface area contributed by atoms with Gasteiger partial charge in [0.05, 0.1) is 17.0 Å². The number of thioether (sulfide) groups is 1. The Balaban J connectivity index is 1.26. The number of rotatable bonds is 6. The van der Waals surface area contributed by atoms with Gasteiger partial charge in [-0.3, -0.25) is 19.2 Å². The average Bonchev–Trinajstić information content (AvgIpc) is 2.91. The van der Waals surface area contributed by atoms with Gasteiger partial charge in [-0.1, -0.05) is 60.1 Å². The Morgan fingerprint density at radius 1 is 0.730 bits per heavy atom. The maximum atomic E-state index is 13.1. The molecule has 0 unspecified atom stereocenters. The average molecular weight is 527 g/mol. The van der Waals surface area contributed by atoms with Crippen molar-refractivity contribution >= 4 is 58.1 Å². The third-order valence-corrected chi connectivity index (χ3v) is 7.00. The van der Waals surface area contributed by atoms with Crippen LogP contribution in [0.4, 0.5) is 11.4 Å². The molecule has 0 atom stereocenters. The molecule has 0 fully saturated rings. The van der Waals surface area contributed by atoms with E-state index in [1.165, 1.54) is 11.8 Å². The lowest BCUT2D eigenvalue weighted by Gasteiger charge is -2.20. The lowest BCUT2D eigenvalue weighted by atomic mass is 9.83. The number of anilines is 2. The minimum Gasteiger partial charge on any atom is -0.325 e. The summed E-state index contributed by atoms with van der Waals surface area (Å²) in [5.74, 6) is -1.10. The number of carbonyl (C=O) groups is 4. The zero-order valence-corrected chi connectivity index (χ0v) is 20.9. The molecule has 0 saturated heterocycles. The lowest BCUT2D eigenvalue weighted by molar-refractivity contribution is -0.113. The summed E-state index contributed by atoms with van der Waals surface area (Å²) in [6.07, 6.45) is 0. The van der Waals surface area contributed by atoms with Gasteiger partial charge < -0.3 is 10.6 Å². The van der Waals surface area contributed by atoms with E-state index in [1.807, 2.05) is 6.07 Å². The summed E-state index contributed by atoms with van der Waals surface area (Å²) in [7, 11) is 0. The monoisotopic (exact) mass is 526 g/mol. The molecule has 0 aliphatic heterocycles. The van der Waals surface area contributed by atoms with E-state index in [-0.39, 0.29) is 40.3 Å². The molecule has 4 aromatic carbocycles. The van der Waals surface area contributed by atoms with Crippen LogP contribution >= 0.6 is 23.4 Å². The largest absolute Gasteiger partial charge is 0.325 e. The second-order valence-electron chi connectivity index (χ2n) is 8.26. The Bertz CT molecular complexity index is 1580. The molecular formula is C29H19ClN2O4S. The fourth-order valence-corrected chi connectivity index (χ4v) is 5.03. The molecule has 1 aliphatic carbocycles. The Morgan fingerprint density at radius 3 is 2.22 bits per heavy atom. The van der Waals surface area contributed by atoms with E-state index in [9.17, 15) is 19.2 Å². The first-order valence-electron chi connectivity index (χ1n) is 11.3. The zero-order valence-electron chi connectivity index (χ0n) is 19.3. The molecule has 2 amide bonds. The van der Waals surface area contributed by atoms with Gasteiger partial charge in [-0.15, -0.1) is 11.8 Å². The van der Waals surface area contributed by atoms with E-state index in [0.717, 1.165) is 4.90 Å². The van der Waals surface area contributed by atoms with Crippen LogP contribution in [0.5, 0.6) is 0 Å². The summed E-state index contributed by atoms with van der Waals surface area (Å²) >= 11 is 7.24. The van der Waals surface area contributed by atoms with Crippen LogP contribution in [-0.2, 0) is 4.79 Å². The first-order chi connectivity index (χ1) is 17.9. The van der Waals surface area contributed by atoms with Crippen molar-refractivity contribution in [3.63, 3.8) is 0 Å². The van der Waals surface area contributed by atoms with Gasteiger partial charge in [-0.2, -0.15) is 0 Å². The van der Waals surface area contributed by atoms with Crippen LogP contribution in [0.1, 0.15) is 42.2 Å². The van der Waals surface area contributed by atoms with Gasteiger partial charge in [-0.25, -0.2) is 0 Å². The van der Waals surface area contributed by atoms with Crippen molar-refractivity contribution in [1.29, 1.82) is 0 Å². The Morgan fingerprint density at radius 2 is 1.43 bits per heavy atom. The summed E-state index contributed by atoms with van der Waals surface area (Å²) in [5.41, 5.74) is 2.49. The second kappa shape index (κ2) is 10.4. The fourth-order valence-electron chi connectivity index (χ4n) is 4.08. The summed E-state index contributed by atoms with van der Waals surface area (Å²) < 4.78 is 0. The van der Waals surface area contributed by atoms with Gasteiger partial charge in [0.2, 0.25) is 5.91 Å². The number of benzene rings is 4. The standard InChI is InChI=1S/C29H19ClN2O4S/c30-18-7-3-6-17(14-18)29(36)31-19-8-4-9-20(15-19)37-16-25(33)32-24-13-5-12-23-26(24)28(35)22-11-2-1-10-21(22)27(23)34/h1-15H,16H2,(H,31,36)(H,32,33). The zero-order chi connectivity index (χ0) is 25.9. The Hall–Kier alpha value is -4.20. The fraction of sp³-hybridized carbons (Fsp3) is 0.0345. The van der Waals surface area contributed by atoms with Gasteiger partial charge in [0.25, 0.3) is 5.91 Å². The SMILES string of the molecule is O=C(CSc1cccc(NC(=O)c2cccc(Cl)c2)c1)Nc1cccc2c1C(=O)c1ccccc1C2=O. The van der Waals surface area contributed by atoms with Gasteiger partial charge in [0.1, 0.15) is 0 Å². The van der Waals surface area contributed by atoms with E-state index < -0.39 is 0 Å². The number of ketones is 2. The molecule has 1 aliphatic rings. The first-order valence-corrected chi connectivity index (χ1v) is 12.7. The highest BCUT2D eigenvalue weighted by atomic mass is 35.5. The van der Waals surface area contributed by atoms with Gasteiger partial charge >= 0.3 is 0 Å². The van der Waals surface area contributed by atoms with E-state index in [4.69, 9.17) is 11.6 Å². The van der Waals surface area contributed by atoms with Crippen LogP contribution in [0, 0.1) is 0 Å². The summed E-state index contributed by atoms with van der Waals surface area (Å²) in [6.45, 7) is 0. The van der Waals surface area contributed by atoms with Crippen LogP contribution < -0.4 is 10.6 Å². The van der Waals surface area contributed by atoms with Crippen LogP contribution in [0.3, 0.4) is 0 Å². The van der Waals surface area contributed by atoms with Crippen molar-refractivity contribution in [3.05, 3.63) is 124 Å². The van der Waals surface area contributed by atoms with Gasteiger partial charge in [0.15, 0.2) is 11.6 Å². The molecule has 5 rings (SSSR count). The molecule has 0 aromatic heterocycles. The van der Waals surface area contributed by atoms with Crippen molar-refractivity contribution in [2.24, 2.45) is 0 Å². The Labute approximate surface area is 222 Å². The van der Waals surface area contributed by atoms with Crippen molar-refractivity contribution in [1.82, 2.24) is 0 Å². The quantitative estimate of drug-likeness (QED) is 0.261. The maximum absolute atomic E-state index is 13.1. The number of amides is 2. The number of halogens is 1. The number of hydrogen-bond acceptors (Lipinski definition) is 5. The van der Waals surface area contributed by atoms with Gasteiger partial charge in [0, 0.05) is 37.9 Å². The van der Waals surface area contributed by atoms with Crippen LogP contribution in [0.25, 0.3) is 0 Å². The maximum Gasteiger partial charge on any atom is 0.255 e. The third kappa shape index (κ3) is 5.18. The smallest absolute Gasteiger partial charge is 0.255 e. The van der Waals surface area contributed by atoms with E-state index in [1.54, 1.807) is 84.9 Å². The highest BCUT2D eigenvalue weighted by Crippen LogP contribution is 2.32. The Kier molecular flexibility index (Phi) is 6.90. The summed E-state index contributed by atoms with van der Waals surface area (Å²) in [5, 5.41) is 6.07. The minimum absolute atomic E-state index is 0.0636. The van der Waals surface area contributed by atoms with Crippen LogP contribution in [-0.4, -0.2) is 29.1 Å². The molecule has 4 aromatic rings. The van der Waals surface area contributed by atoms with E-state index >= 15 is 0 Å². The minimum atomic E-state index is -0.328. The number of fused-ring (bicyclic) bond motifs is 2. The lowest BCUT2D eigenvalue weighted by Crippen LogP contribution is -2.24. The van der Waals surface area contributed by atoms with E-state index in [2.05, 4.69) is 10.6 Å². The molecule has 0 radical (unpaired) electrons. The number of nitrogens with one attached hydrogen (secondary N) is 2. The third-order valence-electron chi connectivity index (χ3n) is 5.78. The van der Waals surface area contributed by atoms with Crippen molar-refractivity contribution in [3.8, 4) is 0 Å². The normalized spacial score (nSPS) is 11.9. The molecule has 0 bridgehead atoms. The highest BCUT2D eigenvalue weighted by Gasteiger charge is 2.31. The van der Waals surface area contributed by atoms with Crippen LogP contribution in [0.2, 0.25) is 5.02 Å². The molecule has 2 N–H and O–H groups in total. The molecule has 8 heteroatoms. The summed E-state index contributed by atoms with van der Waals surface area (Å²) in [4.78, 5) is 52.1. The van der Waals surface area contributed by atoms with Crippen molar-refractivity contribution < 1.29 is 19.2 Å². The van der Waals surface area contributed by atoms with Crippen molar-refractivity contribution in [2.45, 2.75) is 4.90 Å². The van der Waals surface area contributed by atoms with E-state index in [0.29, 0.717) is 33.1 Å². The summed E-state index contributed by atoms with van der Waals surface area (Å²) in [6, 6.07) is 25.3. The molecule has 6 nitrogen and oxygen atoms in total. The number of hydrogen-bond donors (Lipinski definition) is 2. The van der Waals surface area contributed by atoms with Gasteiger partial charge in [-0.05, 0) is 42.5 Å². The van der Waals surface area contributed by atoms with Crippen LogP contribution in [0.15, 0.2) is 95.9 Å². The topological polar surface area (TPSA) is 92.3 Å². The van der Waals surface area contributed by atoms with Crippen molar-refractivity contribution in [2.75, 3.05) is 16.4 Å². The second-order valence-corrected chi connectivity index (χ2v) is 9.75. The molecule has 0 saturated carbocycles.